The Morgan fingerprint density at radius 1 is 1.39 bits per heavy atom. The van der Waals surface area contributed by atoms with Gasteiger partial charge in [-0.05, 0) is 46.0 Å². The van der Waals surface area contributed by atoms with Crippen LogP contribution in [-0.4, -0.2) is 19.6 Å². The summed E-state index contributed by atoms with van der Waals surface area (Å²) in [5.41, 5.74) is 0.821. The van der Waals surface area contributed by atoms with Gasteiger partial charge in [0.15, 0.2) is 0 Å². The molecule has 18 heavy (non-hydrogen) atoms. The van der Waals surface area contributed by atoms with Crippen molar-refractivity contribution in [1.82, 2.24) is 5.32 Å². The molecule has 100 valence electrons. The third kappa shape index (κ3) is 4.69. The molecule has 3 nitrogen and oxygen atoms in total. The van der Waals surface area contributed by atoms with Gasteiger partial charge < -0.3 is 10.1 Å². The first-order chi connectivity index (χ1) is 8.33. The molecule has 0 aromatic heterocycles. The molecular weight excluding hydrogens is 294 g/mol. The SMILES string of the molecule is COc1ccc(Br)c(C(=O)NCCC(C)(C)C)c1. The van der Waals surface area contributed by atoms with Crippen molar-refractivity contribution in [3.8, 4) is 5.75 Å². The number of carbonyl (C=O) groups excluding carboxylic acids is 1. The van der Waals surface area contributed by atoms with Crippen LogP contribution in [0.2, 0.25) is 0 Å². The van der Waals surface area contributed by atoms with Gasteiger partial charge in [-0.15, -0.1) is 0 Å². The standard InChI is InChI=1S/C14H20BrNO2/c1-14(2,3)7-8-16-13(17)11-9-10(18-4)5-6-12(11)15/h5-6,9H,7-8H2,1-4H3,(H,16,17). The molecule has 1 N–H and O–H groups in total. The van der Waals surface area contributed by atoms with Crippen molar-refractivity contribution < 1.29 is 9.53 Å². The second-order valence-electron chi connectivity index (χ2n) is 5.41. The molecule has 1 amide bonds. The second-order valence-corrected chi connectivity index (χ2v) is 6.27. The van der Waals surface area contributed by atoms with Gasteiger partial charge in [0.25, 0.3) is 5.91 Å². The third-order valence-corrected chi connectivity index (χ3v) is 3.27. The summed E-state index contributed by atoms with van der Waals surface area (Å²) < 4.78 is 5.89. The van der Waals surface area contributed by atoms with E-state index in [4.69, 9.17) is 4.74 Å². The highest BCUT2D eigenvalue weighted by Crippen LogP contribution is 2.22. The number of nitrogens with one attached hydrogen (secondary N) is 1. The molecule has 0 fully saturated rings. The summed E-state index contributed by atoms with van der Waals surface area (Å²) in [6, 6.07) is 5.37. The molecule has 0 heterocycles. The first-order valence-corrected chi connectivity index (χ1v) is 6.74. The van der Waals surface area contributed by atoms with E-state index in [1.165, 1.54) is 0 Å². The Bertz CT molecular complexity index is 424. The van der Waals surface area contributed by atoms with Crippen molar-refractivity contribution in [3.63, 3.8) is 0 Å². The molecule has 0 saturated carbocycles. The second kappa shape index (κ2) is 6.23. The van der Waals surface area contributed by atoms with Crippen LogP contribution in [0.15, 0.2) is 22.7 Å². The fraction of sp³-hybridized carbons (Fsp3) is 0.500. The van der Waals surface area contributed by atoms with Crippen molar-refractivity contribution in [2.24, 2.45) is 5.41 Å². The normalized spacial score (nSPS) is 11.2. The van der Waals surface area contributed by atoms with Gasteiger partial charge in [0.05, 0.1) is 12.7 Å². The van der Waals surface area contributed by atoms with Crippen LogP contribution < -0.4 is 10.1 Å². The van der Waals surface area contributed by atoms with Crippen molar-refractivity contribution in [3.05, 3.63) is 28.2 Å². The van der Waals surface area contributed by atoms with Crippen LogP contribution >= 0.6 is 15.9 Å². The zero-order valence-electron chi connectivity index (χ0n) is 11.3. The number of carbonyl (C=O) groups is 1. The summed E-state index contributed by atoms with van der Waals surface area (Å²) in [4.78, 5) is 12.0. The number of rotatable bonds is 4. The lowest BCUT2D eigenvalue weighted by molar-refractivity contribution is 0.0948. The summed E-state index contributed by atoms with van der Waals surface area (Å²) in [6.07, 6.45) is 0.945. The molecular formula is C14H20BrNO2. The summed E-state index contributed by atoms with van der Waals surface area (Å²) >= 11 is 3.38. The monoisotopic (exact) mass is 313 g/mol. The number of hydrogen-bond donors (Lipinski definition) is 1. The molecule has 0 aliphatic rings. The van der Waals surface area contributed by atoms with Crippen LogP contribution in [0.1, 0.15) is 37.6 Å². The van der Waals surface area contributed by atoms with Gasteiger partial charge in [-0.25, -0.2) is 0 Å². The smallest absolute Gasteiger partial charge is 0.252 e. The Morgan fingerprint density at radius 3 is 2.61 bits per heavy atom. The number of amides is 1. The number of hydrogen-bond acceptors (Lipinski definition) is 2. The topological polar surface area (TPSA) is 38.3 Å². The molecule has 0 atom stereocenters. The molecule has 0 aliphatic carbocycles. The van der Waals surface area contributed by atoms with E-state index >= 15 is 0 Å². The van der Waals surface area contributed by atoms with Crippen LogP contribution in [0, 0.1) is 5.41 Å². The minimum atomic E-state index is -0.0787. The largest absolute Gasteiger partial charge is 0.497 e. The van der Waals surface area contributed by atoms with E-state index in [0.29, 0.717) is 17.9 Å². The lowest BCUT2D eigenvalue weighted by Gasteiger charge is -2.18. The first-order valence-electron chi connectivity index (χ1n) is 5.95. The molecule has 0 spiro atoms. The Labute approximate surface area is 117 Å². The van der Waals surface area contributed by atoms with Crippen molar-refractivity contribution in [2.75, 3.05) is 13.7 Å². The van der Waals surface area contributed by atoms with Crippen molar-refractivity contribution in [2.45, 2.75) is 27.2 Å². The summed E-state index contributed by atoms with van der Waals surface area (Å²) in [7, 11) is 1.59. The molecule has 0 aliphatic heterocycles. The Hall–Kier alpha value is -1.03. The number of halogens is 1. The maximum atomic E-state index is 12.0. The lowest BCUT2D eigenvalue weighted by atomic mass is 9.92. The zero-order chi connectivity index (χ0) is 13.8. The van der Waals surface area contributed by atoms with E-state index in [-0.39, 0.29) is 11.3 Å². The Balaban J connectivity index is 2.66. The summed E-state index contributed by atoms with van der Waals surface area (Å²) in [5.74, 6) is 0.601. The molecule has 0 radical (unpaired) electrons. The summed E-state index contributed by atoms with van der Waals surface area (Å²) in [6.45, 7) is 7.13. The highest BCUT2D eigenvalue weighted by molar-refractivity contribution is 9.10. The fourth-order valence-corrected chi connectivity index (χ4v) is 1.88. The average Bonchev–Trinajstić information content (AvgIpc) is 2.27. The minimum absolute atomic E-state index is 0.0787. The van der Waals surface area contributed by atoms with Gasteiger partial charge in [0.2, 0.25) is 0 Å². The molecule has 1 aromatic carbocycles. The molecule has 0 saturated heterocycles. The van der Waals surface area contributed by atoms with Gasteiger partial charge in [0.1, 0.15) is 5.75 Å². The molecule has 0 bridgehead atoms. The maximum absolute atomic E-state index is 12.0. The van der Waals surface area contributed by atoms with Gasteiger partial charge >= 0.3 is 0 Å². The average molecular weight is 314 g/mol. The zero-order valence-corrected chi connectivity index (χ0v) is 12.9. The Morgan fingerprint density at radius 2 is 2.06 bits per heavy atom. The molecule has 0 unspecified atom stereocenters. The fourth-order valence-electron chi connectivity index (χ4n) is 1.45. The van der Waals surface area contributed by atoms with Gasteiger partial charge in [-0.2, -0.15) is 0 Å². The highest BCUT2D eigenvalue weighted by atomic mass is 79.9. The number of methoxy groups -OCH3 is 1. The van der Waals surface area contributed by atoms with Gasteiger partial charge in [-0.1, -0.05) is 20.8 Å². The predicted molar refractivity (Wildman–Crippen MR) is 77.1 cm³/mol. The van der Waals surface area contributed by atoms with E-state index < -0.39 is 0 Å². The predicted octanol–water partition coefficient (Wildman–Crippen LogP) is 3.62. The van der Waals surface area contributed by atoms with E-state index in [9.17, 15) is 4.79 Å². The maximum Gasteiger partial charge on any atom is 0.252 e. The summed E-state index contributed by atoms with van der Waals surface area (Å²) in [5, 5.41) is 2.92. The highest BCUT2D eigenvalue weighted by Gasteiger charge is 2.13. The third-order valence-electron chi connectivity index (χ3n) is 2.58. The van der Waals surface area contributed by atoms with Crippen LogP contribution in [0.4, 0.5) is 0 Å². The van der Waals surface area contributed by atoms with Crippen LogP contribution in [0.3, 0.4) is 0 Å². The number of ether oxygens (including phenoxy) is 1. The van der Waals surface area contributed by atoms with E-state index in [1.54, 1.807) is 13.2 Å². The lowest BCUT2D eigenvalue weighted by Crippen LogP contribution is -2.27. The van der Waals surface area contributed by atoms with Gasteiger partial charge in [0, 0.05) is 11.0 Å². The molecule has 4 heteroatoms. The van der Waals surface area contributed by atoms with E-state index in [2.05, 4.69) is 42.0 Å². The quantitative estimate of drug-likeness (QED) is 0.922. The minimum Gasteiger partial charge on any atom is -0.497 e. The molecule has 1 aromatic rings. The van der Waals surface area contributed by atoms with Crippen LogP contribution in [0.25, 0.3) is 0 Å². The van der Waals surface area contributed by atoms with E-state index in [1.807, 2.05) is 12.1 Å². The van der Waals surface area contributed by atoms with Crippen molar-refractivity contribution >= 4 is 21.8 Å². The van der Waals surface area contributed by atoms with Gasteiger partial charge in [-0.3, -0.25) is 4.79 Å². The van der Waals surface area contributed by atoms with Crippen LogP contribution in [-0.2, 0) is 0 Å². The first kappa shape index (κ1) is 15.0. The van der Waals surface area contributed by atoms with E-state index in [0.717, 1.165) is 10.9 Å². The van der Waals surface area contributed by atoms with Crippen molar-refractivity contribution in [1.29, 1.82) is 0 Å². The number of benzene rings is 1. The Kier molecular flexibility index (Phi) is 5.20. The van der Waals surface area contributed by atoms with Crippen LogP contribution in [0.5, 0.6) is 5.75 Å². The molecule has 1 rings (SSSR count).